The van der Waals surface area contributed by atoms with Crippen molar-refractivity contribution in [3.8, 4) is 5.75 Å². The van der Waals surface area contributed by atoms with Crippen molar-refractivity contribution in [3.63, 3.8) is 0 Å². The molecular weight excluding hydrogens is 476 g/mol. The fourth-order valence-electron chi connectivity index (χ4n) is 2.72. The van der Waals surface area contributed by atoms with E-state index in [1.54, 1.807) is 41.4 Å². The summed E-state index contributed by atoms with van der Waals surface area (Å²) in [7, 11) is 0. The van der Waals surface area contributed by atoms with E-state index in [1.807, 2.05) is 0 Å². The Kier molecular flexibility index (Phi) is 6.40. The topological polar surface area (TPSA) is 161 Å². The maximum atomic E-state index is 11.7. The second-order valence-corrected chi connectivity index (χ2v) is 7.03. The van der Waals surface area contributed by atoms with Crippen LogP contribution in [0, 0.1) is 20.2 Å². The summed E-state index contributed by atoms with van der Waals surface area (Å²) < 4.78 is 6.40. The van der Waals surface area contributed by atoms with Crippen LogP contribution in [0.2, 0.25) is 0 Å². The normalized spacial score (nSPS) is 10.9. The van der Waals surface area contributed by atoms with E-state index < -0.39 is 26.8 Å². The number of halogens is 1. The fourth-order valence-corrected chi connectivity index (χ4v) is 3.10. The lowest BCUT2D eigenvalue weighted by molar-refractivity contribution is -0.386. The molecule has 3 aromatic rings. The van der Waals surface area contributed by atoms with Crippen LogP contribution in [0.4, 0.5) is 11.4 Å². The Bertz CT molecular complexity index is 1310. The van der Waals surface area contributed by atoms with Crippen LogP contribution in [0.25, 0.3) is 12.2 Å². The molecule has 1 heterocycles. The number of H-pyrrole nitrogens is 2. The van der Waals surface area contributed by atoms with Crippen molar-refractivity contribution in [3.05, 3.63) is 105 Å². The molecule has 0 bridgehead atoms. The number of nitrogens with zero attached hydrogens (tertiary/aromatic N) is 2. The average Bonchev–Trinajstić information content (AvgIpc) is 2.70. The Morgan fingerprint density at radius 1 is 1.00 bits per heavy atom. The Hall–Kier alpha value is -4.06. The van der Waals surface area contributed by atoms with Crippen molar-refractivity contribution in [2.75, 3.05) is 0 Å². The molecule has 0 fully saturated rings. The number of aromatic amines is 2. The summed E-state index contributed by atoms with van der Waals surface area (Å²) in [5.74, 6) is 0.326. The van der Waals surface area contributed by atoms with E-state index in [0.717, 1.165) is 0 Å². The van der Waals surface area contributed by atoms with Gasteiger partial charge in [0.15, 0.2) is 0 Å². The average molecular weight is 489 g/mol. The number of hydrogen-bond donors (Lipinski definition) is 2. The Labute approximate surface area is 181 Å². The van der Waals surface area contributed by atoms with Gasteiger partial charge >= 0.3 is 16.9 Å². The second-order valence-electron chi connectivity index (χ2n) is 6.12. The highest BCUT2D eigenvalue weighted by Gasteiger charge is 2.19. The molecule has 2 N–H and O–H groups in total. The van der Waals surface area contributed by atoms with Crippen LogP contribution in [0.1, 0.15) is 16.8 Å². The van der Waals surface area contributed by atoms with Gasteiger partial charge in [0.1, 0.15) is 18.1 Å². The van der Waals surface area contributed by atoms with Crippen molar-refractivity contribution in [2.45, 2.75) is 6.61 Å². The number of para-hydroxylation sites is 1. The van der Waals surface area contributed by atoms with E-state index >= 15 is 0 Å². The molecule has 0 aliphatic rings. The van der Waals surface area contributed by atoms with Crippen LogP contribution >= 0.6 is 15.9 Å². The molecule has 11 nitrogen and oxygen atoms in total. The molecule has 2 aromatic carbocycles. The first kappa shape index (κ1) is 21.6. The van der Waals surface area contributed by atoms with Gasteiger partial charge in [0, 0.05) is 16.1 Å². The van der Waals surface area contributed by atoms with Gasteiger partial charge in [-0.1, -0.05) is 28.1 Å². The lowest BCUT2D eigenvalue weighted by atomic mass is 10.1. The van der Waals surface area contributed by atoms with Crippen LogP contribution in [-0.2, 0) is 6.61 Å². The van der Waals surface area contributed by atoms with Crippen LogP contribution in [-0.4, -0.2) is 19.8 Å². The van der Waals surface area contributed by atoms with E-state index in [9.17, 15) is 29.8 Å². The van der Waals surface area contributed by atoms with Crippen molar-refractivity contribution in [2.24, 2.45) is 0 Å². The number of nitro groups is 2. The summed E-state index contributed by atoms with van der Waals surface area (Å²) in [4.78, 5) is 48.2. The third-order valence-corrected chi connectivity index (χ3v) is 4.59. The fraction of sp³-hybridized carbons (Fsp3) is 0.0526. The van der Waals surface area contributed by atoms with E-state index in [-0.39, 0.29) is 18.0 Å². The maximum absolute atomic E-state index is 11.7. The standard InChI is InChI=1S/C19H13BrN4O7/c20-13-6-8-16(31-10-12-3-1-2-4-15(12)23(27)28)11(9-13)5-7-14-17(24(29)30)18(25)22-19(26)21-14/h1-9H,10H2,(H2,21,22,25,26). The Morgan fingerprint density at radius 3 is 2.45 bits per heavy atom. The minimum Gasteiger partial charge on any atom is -0.488 e. The van der Waals surface area contributed by atoms with E-state index in [0.29, 0.717) is 21.3 Å². The third-order valence-electron chi connectivity index (χ3n) is 4.10. The Morgan fingerprint density at radius 2 is 1.74 bits per heavy atom. The van der Waals surface area contributed by atoms with Crippen LogP contribution in [0.15, 0.2) is 56.5 Å². The minimum atomic E-state index is -1.13. The van der Waals surface area contributed by atoms with Gasteiger partial charge in [0.25, 0.3) is 5.69 Å². The van der Waals surface area contributed by atoms with Gasteiger partial charge < -0.3 is 9.72 Å². The molecule has 0 aliphatic heterocycles. The van der Waals surface area contributed by atoms with Gasteiger partial charge in [0.05, 0.1) is 15.4 Å². The van der Waals surface area contributed by atoms with Crippen LogP contribution in [0.5, 0.6) is 5.75 Å². The quantitative estimate of drug-likeness (QED) is 0.380. The van der Waals surface area contributed by atoms with Gasteiger partial charge in [0.2, 0.25) is 0 Å². The van der Waals surface area contributed by atoms with Crippen molar-refractivity contribution < 1.29 is 14.6 Å². The van der Waals surface area contributed by atoms with Gasteiger partial charge in [-0.05, 0) is 36.4 Å². The summed E-state index contributed by atoms with van der Waals surface area (Å²) in [5, 5.41) is 22.3. The molecule has 0 aliphatic carbocycles. The largest absolute Gasteiger partial charge is 0.488 e. The first-order chi connectivity index (χ1) is 14.8. The second kappa shape index (κ2) is 9.17. The first-order valence-electron chi connectivity index (χ1n) is 8.60. The molecule has 0 atom stereocenters. The predicted molar refractivity (Wildman–Crippen MR) is 115 cm³/mol. The van der Waals surface area contributed by atoms with E-state index in [1.165, 1.54) is 18.2 Å². The zero-order valence-corrected chi connectivity index (χ0v) is 17.1. The van der Waals surface area contributed by atoms with E-state index in [2.05, 4.69) is 20.9 Å². The number of rotatable bonds is 7. The number of aromatic nitrogens is 2. The van der Waals surface area contributed by atoms with Gasteiger partial charge in [-0.3, -0.25) is 30.0 Å². The number of ether oxygens (including phenoxy) is 1. The molecule has 0 unspecified atom stereocenters. The van der Waals surface area contributed by atoms with Gasteiger partial charge in [-0.15, -0.1) is 0 Å². The summed E-state index contributed by atoms with van der Waals surface area (Å²) in [6.07, 6.45) is 2.62. The molecule has 158 valence electrons. The summed E-state index contributed by atoms with van der Waals surface area (Å²) in [6.45, 7) is -0.0956. The predicted octanol–water partition coefficient (Wildman–Crippen LogP) is 3.39. The van der Waals surface area contributed by atoms with Gasteiger partial charge in [-0.2, -0.15) is 0 Å². The maximum Gasteiger partial charge on any atom is 0.357 e. The molecule has 3 rings (SSSR count). The van der Waals surface area contributed by atoms with Crippen molar-refractivity contribution >= 4 is 39.5 Å². The van der Waals surface area contributed by atoms with Gasteiger partial charge in [-0.25, -0.2) is 4.79 Å². The monoisotopic (exact) mass is 488 g/mol. The number of nitrogens with one attached hydrogen (secondary N) is 2. The summed E-state index contributed by atoms with van der Waals surface area (Å²) in [5.41, 5.74) is -2.40. The molecule has 31 heavy (non-hydrogen) atoms. The zero-order chi connectivity index (χ0) is 22.5. The van der Waals surface area contributed by atoms with Crippen LogP contribution < -0.4 is 16.0 Å². The zero-order valence-electron chi connectivity index (χ0n) is 15.5. The van der Waals surface area contributed by atoms with Crippen LogP contribution in [0.3, 0.4) is 0 Å². The van der Waals surface area contributed by atoms with Crippen molar-refractivity contribution in [1.82, 2.24) is 9.97 Å². The lowest BCUT2D eigenvalue weighted by Crippen LogP contribution is -2.25. The van der Waals surface area contributed by atoms with Crippen molar-refractivity contribution in [1.29, 1.82) is 0 Å². The molecule has 0 spiro atoms. The molecule has 1 aromatic heterocycles. The highest BCUT2D eigenvalue weighted by atomic mass is 79.9. The molecule has 0 radical (unpaired) electrons. The summed E-state index contributed by atoms with van der Waals surface area (Å²) >= 11 is 3.31. The molecule has 0 amide bonds. The number of nitro benzene ring substituents is 1. The third kappa shape index (κ3) is 5.11. The molecule has 0 saturated carbocycles. The van der Waals surface area contributed by atoms with E-state index in [4.69, 9.17) is 4.74 Å². The summed E-state index contributed by atoms with van der Waals surface area (Å²) in [6, 6.07) is 11.1. The molecule has 0 saturated heterocycles. The number of benzene rings is 2. The number of hydrogen-bond acceptors (Lipinski definition) is 7. The SMILES string of the molecule is O=c1[nH]c(C=Cc2cc(Br)ccc2OCc2ccccc2[N+](=O)[O-])c([N+](=O)[O-])c(=O)[nH]1. The molecule has 12 heteroatoms. The minimum absolute atomic E-state index is 0.0894. The molecular formula is C19H13BrN4O7. The Balaban J connectivity index is 1.95. The highest BCUT2D eigenvalue weighted by Crippen LogP contribution is 2.28. The lowest BCUT2D eigenvalue weighted by Gasteiger charge is -2.10. The first-order valence-corrected chi connectivity index (χ1v) is 9.39. The highest BCUT2D eigenvalue weighted by molar-refractivity contribution is 9.10. The smallest absolute Gasteiger partial charge is 0.357 e.